The van der Waals surface area contributed by atoms with Gasteiger partial charge < -0.3 is 0 Å². The molecule has 2 aliphatic rings. The normalized spacial score (nSPS) is 24.7. The van der Waals surface area contributed by atoms with E-state index in [2.05, 4.69) is 19.6 Å². The molecule has 0 saturated heterocycles. The zero-order chi connectivity index (χ0) is 13.0. The summed E-state index contributed by atoms with van der Waals surface area (Å²) in [6.07, 6.45) is 15.7. The molecule has 0 bridgehead atoms. The number of hydrogen-bond donors (Lipinski definition) is 0. The monoisotopic (exact) mass is 312 g/mol. The Labute approximate surface area is 118 Å². The second-order valence-corrected chi connectivity index (χ2v) is 18.4. The third-order valence-corrected chi connectivity index (χ3v) is 19.7. The van der Waals surface area contributed by atoms with Crippen LogP contribution in [0.25, 0.3) is 0 Å². The van der Waals surface area contributed by atoms with Gasteiger partial charge >= 0.3 is 118 Å². The Balaban J connectivity index is 2.09. The molecule has 0 aliphatic heterocycles. The van der Waals surface area contributed by atoms with Crippen LogP contribution in [0.15, 0.2) is 0 Å². The van der Waals surface area contributed by atoms with Crippen LogP contribution in [0.5, 0.6) is 0 Å². The summed E-state index contributed by atoms with van der Waals surface area (Å²) in [7, 11) is 0. The average Bonchev–Trinajstić information content (AvgIpc) is 2.40. The Bertz CT molecular complexity index is 216. The van der Waals surface area contributed by atoms with Crippen LogP contribution in [0.2, 0.25) is 20.5 Å². The SMILES string of the molecule is CC(C)[CH2][Ge]([CH3])([CH]1CCCCC1)[CH]1CCCCC1. The molecule has 0 N–H and O–H groups in total. The van der Waals surface area contributed by atoms with Gasteiger partial charge in [0.15, 0.2) is 0 Å². The Hall–Kier alpha value is 0.543. The van der Waals surface area contributed by atoms with Crippen molar-refractivity contribution in [2.24, 2.45) is 5.92 Å². The van der Waals surface area contributed by atoms with Gasteiger partial charge in [-0.3, -0.25) is 0 Å². The molecule has 0 aromatic carbocycles. The Morgan fingerprint density at radius 2 is 1.17 bits per heavy atom. The van der Waals surface area contributed by atoms with Crippen molar-refractivity contribution in [3.05, 3.63) is 0 Å². The summed E-state index contributed by atoms with van der Waals surface area (Å²) in [6, 6.07) is 0. The Morgan fingerprint density at radius 1 is 0.778 bits per heavy atom. The first-order valence-corrected chi connectivity index (χ1v) is 14.6. The van der Waals surface area contributed by atoms with Crippen molar-refractivity contribution in [1.82, 2.24) is 0 Å². The third kappa shape index (κ3) is 3.55. The fourth-order valence-corrected chi connectivity index (χ4v) is 18.8. The van der Waals surface area contributed by atoms with Crippen molar-refractivity contribution >= 4 is 13.3 Å². The molecule has 2 rings (SSSR count). The van der Waals surface area contributed by atoms with Crippen LogP contribution in [0.1, 0.15) is 78.1 Å². The van der Waals surface area contributed by atoms with Gasteiger partial charge in [0.1, 0.15) is 0 Å². The van der Waals surface area contributed by atoms with E-state index >= 15 is 0 Å². The Morgan fingerprint density at radius 3 is 1.50 bits per heavy atom. The molecule has 0 nitrogen and oxygen atoms in total. The first-order chi connectivity index (χ1) is 8.63. The third-order valence-electron chi connectivity index (χ3n) is 5.92. The second-order valence-electron chi connectivity index (χ2n) is 7.77. The van der Waals surface area contributed by atoms with Gasteiger partial charge in [-0.25, -0.2) is 0 Å². The van der Waals surface area contributed by atoms with Crippen molar-refractivity contribution in [3.63, 3.8) is 0 Å². The molecule has 0 unspecified atom stereocenters. The summed E-state index contributed by atoms with van der Waals surface area (Å²) in [5.74, 6) is 3.81. The van der Waals surface area contributed by atoms with Crippen LogP contribution in [0.4, 0.5) is 0 Å². The standard InChI is InChI=1S/C17H34Ge/c1-15(2)14-18(3,16-10-6-4-7-11-16)17-12-8-5-9-13-17/h15-17H,4-14H2,1-3H3. The van der Waals surface area contributed by atoms with Gasteiger partial charge in [-0.05, 0) is 0 Å². The molecule has 0 spiro atoms. The maximum absolute atomic E-state index is 2.85. The van der Waals surface area contributed by atoms with Crippen molar-refractivity contribution in [2.75, 3.05) is 0 Å². The van der Waals surface area contributed by atoms with E-state index in [4.69, 9.17) is 0 Å². The van der Waals surface area contributed by atoms with Gasteiger partial charge in [-0.2, -0.15) is 0 Å². The van der Waals surface area contributed by atoms with Gasteiger partial charge in [0.25, 0.3) is 0 Å². The second kappa shape index (κ2) is 6.81. The van der Waals surface area contributed by atoms with E-state index in [1.54, 1.807) is 56.6 Å². The van der Waals surface area contributed by atoms with E-state index in [1.807, 2.05) is 0 Å². The van der Waals surface area contributed by atoms with Crippen LogP contribution < -0.4 is 0 Å². The zero-order valence-corrected chi connectivity index (χ0v) is 15.1. The summed E-state index contributed by atoms with van der Waals surface area (Å²) >= 11 is -1.60. The van der Waals surface area contributed by atoms with Crippen molar-refractivity contribution < 1.29 is 0 Å². The molecular weight excluding hydrogens is 277 g/mol. The fourth-order valence-electron chi connectivity index (χ4n) is 5.07. The van der Waals surface area contributed by atoms with Crippen LogP contribution in [0.3, 0.4) is 0 Å². The molecule has 0 aromatic heterocycles. The summed E-state index contributed by atoms with van der Waals surface area (Å²) < 4.78 is 2.45. The molecule has 0 amide bonds. The summed E-state index contributed by atoms with van der Waals surface area (Å²) in [6.45, 7) is 4.96. The molecule has 0 aromatic rings. The molecule has 2 fully saturated rings. The van der Waals surface area contributed by atoms with E-state index < -0.39 is 13.3 Å². The van der Waals surface area contributed by atoms with Gasteiger partial charge in [0.2, 0.25) is 0 Å². The number of rotatable bonds is 4. The maximum atomic E-state index is 2.85. The summed E-state index contributed by atoms with van der Waals surface area (Å²) in [4.78, 5) is 0. The number of hydrogen-bond acceptors (Lipinski definition) is 0. The summed E-state index contributed by atoms with van der Waals surface area (Å²) in [5, 5.41) is 1.66. The van der Waals surface area contributed by atoms with Crippen LogP contribution in [0, 0.1) is 5.92 Å². The predicted molar refractivity (Wildman–Crippen MR) is 84.9 cm³/mol. The summed E-state index contributed by atoms with van der Waals surface area (Å²) in [5.41, 5.74) is 0. The van der Waals surface area contributed by atoms with Crippen LogP contribution in [-0.4, -0.2) is 13.3 Å². The minimum atomic E-state index is -1.60. The topological polar surface area (TPSA) is 0 Å². The van der Waals surface area contributed by atoms with Gasteiger partial charge in [0, 0.05) is 0 Å². The molecule has 2 aliphatic carbocycles. The average molecular weight is 311 g/mol. The van der Waals surface area contributed by atoms with Crippen molar-refractivity contribution in [1.29, 1.82) is 0 Å². The van der Waals surface area contributed by atoms with Crippen molar-refractivity contribution in [3.8, 4) is 0 Å². The molecular formula is C17H34Ge. The fraction of sp³-hybridized carbons (Fsp3) is 1.00. The van der Waals surface area contributed by atoms with Gasteiger partial charge in [-0.15, -0.1) is 0 Å². The predicted octanol–water partition coefficient (Wildman–Crippen LogP) is 6.39. The van der Waals surface area contributed by atoms with E-state index in [0.717, 1.165) is 5.92 Å². The van der Waals surface area contributed by atoms with Crippen LogP contribution >= 0.6 is 0 Å². The van der Waals surface area contributed by atoms with E-state index in [9.17, 15) is 0 Å². The molecule has 0 atom stereocenters. The Kier molecular flexibility index (Phi) is 5.66. The first kappa shape index (κ1) is 14.9. The molecule has 2 saturated carbocycles. The molecule has 0 heterocycles. The van der Waals surface area contributed by atoms with Crippen molar-refractivity contribution in [2.45, 2.75) is 98.6 Å². The molecule has 0 radical (unpaired) electrons. The molecule has 1 heteroatoms. The van der Waals surface area contributed by atoms with E-state index in [1.165, 1.54) is 22.3 Å². The van der Waals surface area contributed by atoms with Gasteiger partial charge in [0.05, 0.1) is 0 Å². The van der Waals surface area contributed by atoms with Gasteiger partial charge in [-0.1, -0.05) is 0 Å². The molecule has 106 valence electrons. The first-order valence-electron chi connectivity index (χ1n) is 8.63. The van der Waals surface area contributed by atoms with E-state index in [-0.39, 0.29) is 0 Å². The minimum absolute atomic E-state index is 0.957. The molecule has 18 heavy (non-hydrogen) atoms. The van der Waals surface area contributed by atoms with E-state index in [0.29, 0.717) is 0 Å². The quantitative estimate of drug-likeness (QED) is 0.528. The zero-order valence-electron chi connectivity index (χ0n) is 13.0. The van der Waals surface area contributed by atoms with Crippen LogP contribution in [-0.2, 0) is 0 Å².